The Morgan fingerprint density at radius 3 is 2.42 bits per heavy atom. The highest BCUT2D eigenvalue weighted by atomic mass is 19.1. The van der Waals surface area contributed by atoms with Crippen molar-refractivity contribution in [1.82, 2.24) is 4.90 Å². The van der Waals surface area contributed by atoms with Gasteiger partial charge >= 0.3 is 0 Å². The zero-order valence-corrected chi connectivity index (χ0v) is 13.7. The monoisotopic (exact) mass is 328 g/mol. The number of rotatable bonds is 4. The maximum atomic E-state index is 13.7. The Bertz CT molecular complexity index is 712. The number of methoxy groups -OCH3 is 1. The number of nitrogens with zero attached hydrogens (tertiary/aromatic N) is 2. The van der Waals surface area contributed by atoms with Gasteiger partial charge in [0, 0.05) is 26.2 Å². The van der Waals surface area contributed by atoms with Crippen molar-refractivity contribution in [3.63, 3.8) is 0 Å². The maximum Gasteiger partial charge on any atom is 0.227 e. The van der Waals surface area contributed by atoms with E-state index in [1.54, 1.807) is 30.2 Å². The number of carbonyl (C=O) groups excluding carboxylic acids is 1. The smallest absolute Gasteiger partial charge is 0.227 e. The SMILES string of the molecule is COc1ccccc1N1CCN(C(=O)Cc2ccccc2F)CC1. The molecule has 0 aliphatic carbocycles. The van der Waals surface area contributed by atoms with Gasteiger partial charge in [0.2, 0.25) is 5.91 Å². The first kappa shape index (κ1) is 16.3. The fourth-order valence-electron chi connectivity index (χ4n) is 3.00. The van der Waals surface area contributed by atoms with Crippen molar-refractivity contribution in [2.75, 3.05) is 38.2 Å². The summed E-state index contributed by atoms with van der Waals surface area (Å²) < 4.78 is 19.1. The van der Waals surface area contributed by atoms with E-state index in [4.69, 9.17) is 4.74 Å². The van der Waals surface area contributed by atoms with Gasteiger partial charge in [0.05, 0.1) is 19.2 Å². The molecule has 2 aromatic carbocycles. The molecular formula is C19H21FN2O2. The van der Waals surface area contributed by atoms with E-state index in [2.05, 4.69) is 4.90 Å². The second-order valence-electron chi connectivity index (χ2n) is 5.81. The molecule has 0 spiro atoms. The first-order valence-corrected chi connectivity index (χ1v) is 8.08. The molecule has 0 aromatic heterocycles. The second-order valence-corrected chi connectivity index (χ2v) is 5.81. The average Bonchev–Trinajstić information content (AvgIpc) is 2.63. The number of hydrogen-bond donors (Lipinski definition) is 0. The fraction of sp³-hybridized carbons (Fsp3) is 0.316. The van der Waals surface area contributed by atoms with Crippen LogP contribution in [0.5, 0.6) is 5.75 Å². The summed E-state index contributed by atoms with van der Waals surface area (Å²) in [5.41, 5.74) is 1.50. The number of amides is 1. The van der Waals surface area contributed by atoms with Crippen LogP contribution in [-0.2, 0) is 11.2 Å². The summed E-state index contributed by atoms with van der Waals surface area (Å²) in [5, 5.41) is 0. The van der Waals surface area contributed by atoms with E-state index in [0.29, 0.717) is 18.7 Å². The molecule has 1 aliphatic rings. The largest absolute Gasteiger partial charge is 0.495 e. The topological polar surface area (TPSA) is 32.8 Å². The van der Waals surface area contributed by atoms with Gasteiger partial charge < -0.3 is 14.5 Å². The molecule has 3 rings (SSSR count). The molecule has 1 amide bonds. The van der Waals surface area contributed by atoms with Gasteiger partial charge in [0.15, 0.2) is 0 Å². The standard InChI is InChI=1S/C19H21FN2O2/c1-24-18-9-5-4-8-17(18)21-10-12-22(13-11-21)19(23)14-15-6-2-3-7-16(15)20/h2-9H,10-14H2,1H3. The molecule has 0 atom stereocenters. The highest BCUT2D eigenvalue weighted by molar-refractivity contribution is 5.79. The summed E-state index contributed by atoms with van der Waals surface area (Å²) >= 11 is 0. The first-order chi connectivity index (χ1) is 11.7. The van der Waals surface area contributed by atoms with Gasteiger partial charge in [-0.3, -0.25) is 4.79 Å². The number of anilines is 1. The molecule has 1 saturated heterocycles. The molecule has 2 aromatic rings. The first-order valence-electron chi connectivity index (χ1n) is 8.08. The van der Waals surface area contributed by atoms with Crippen LogP contribution < -0.4 is 9.64 Å². The minimum absolute atomic E-state index is 0.0280. The summed E-state index contributed by atoms with van der Waals surface area (Å²) in [4.78, 5) is 16.4. The molecule has 1 heterocycles. The van der Waals surface area contributed by atoms with E-state index >= 15 is 0 Å². The van der Waals surface area contributed by atoms with E-state index in [0.717, 1.165) is 24.5 Å². The molecule has 0 unspecified atom stereocenters. The Balaban J connectivity index is 1.61. The zero-order chi connectivity index (χ0) is 16.9. The van der Waals surface area contributed by atoms with Crippen LogP contribution in [0.25, 0.3) is 0 Å². The van der Waals surface area contributed by atoms with Crippen LogP contribution in [0.1, 0.15) is 5.56 Å². The van der Waals surface area contributed by atoms with Crippen molar-refractivity contribution in [3.8, 4) is 5.75 Å². The lowest BCUT2D eigenvalue weighted by atomic mass is 10.1. The second kappa shape index (κ2) is 7.34. The van der Waals surface area contributed by atoms with E-state index in [1.165, 1.54) is 6.07 Å². The third-order valence-corrected chi connectivity index (χ3v) is 4.36. The zero-order valence-electron chi connectivity index (χ0n) is 13.7. The summed E-state index contributed by atoms with van der Waals surface area (Å²) in [6.07, 6.45) is 0.112. The lowest BCUT2D eigenvalue weighted by Gasteiger charge is -2.36. The Hall–Kier alpha value is -2.56. The Labute approximate surface area is 141 Å². The van der Waals surface area contributed by atoms with Gasteiger partial charge in [-0.2, -0.15) is 0 Å². The van der Waals surface area contributed by atoms with Crippen molar-refractivity contribution in [3.05, 3.63) is 59.9 Å². The maximum absolute atomic E-state index is 13.7. The van der Waals surface area contributed by atoms with Crippen LogP contribution in [-0.4, -0.2) is 44.1 Å². The molecule has 4 nitrogen and oxygen atoms in total. The third-order valence-electron chi connectivity index (χ3n) is 4.36. The molecule has 0 N–H and O–H groups in total. The molecule has 1 fully saturated rings. The Kier molecular flexibility index (Phi) is 4.99. The highest BCUT2D eigenvalue weighted by Gasteiger charge is 2.23. The van der Waals surface area contributed by atoms with E-state index in [-0.39, 0.29) is 18.1 Å². The van der Waals surface area contributed by atoms with Gasteiger partial charge in [-0.25, -0.2) is 4.39 Å². The summed E-state index contributed by atoms with van der Waals surface area (Å²) in [6.45, 7) is 2.74. The van der Waals surface area contributed by atoms with E-state index in [9.17, 15) is 9.18 Å². The predicted molar refractivity (Wildman–Crippen MR) is 91.9 cm³/mol. The average molecular weight is 328 g/mol. The van der Waals surface area contributed by atoms with Crippen LogP contribution in [0, 0.1) is 5.82 Å². The highest BCUT2D eigenvalue weighted by Crippen LogP contribution is 2.28. The van der Waals surface area contributed by atoms with Gasteiger partial charge in [-0.1, -0.05) is 30.3 Å². The van der Waals surface area contributed by atoms with Crippen LogP contribution in [0.2, 0.25) is 0 Å². The Morgan fingerprint density at radius 1 is 1.04 bits per heavy atom. The lowest BCUT2D eigenvalue weighted by molar-refractivity contribution is -0.130. The van der Waals surface area contributed by atoms with Crippen LogP contribution in [0.15, 0.2) is 48.5 Å². The summed E-state index contributed by atoms with van der Waals surface area (Å²) in [6, 6.07) is 14.3. The van der Waals surface area contributed by atoms with Crippen molar-refractivity contribution < 1.29 is 13.9 Å². The molecule has 0 bridgehead atoms. The minimum atomic E-state index is -0.321. The quantitative estimate of drug-likeness (QED) is 0.865. The van der Waals surface area contributed by atoms with E-state index < -0.39 is 0 Å². The van der Waals surface area contributed by atoms with Crippen molar-refractivity contribution in [1.29, 1.82) is 0 Å². The van der Waals surface area contributed by atoms with Crippen molar-refractivity contribution >= 4 is 11.6 Å². The fourth-order valence-corrected chi connectivity index (χ4v) is 3.00. The predicted octanol–water partition coefficient (Wildman–Crippen LogP) is 2.73. The number of benzene rings is 2. The van der Waals surface area contributed by atoms with Gasteiger partial charge in [0.25, 0.3) is 0 Å². The van der Waals surface area contributed by atoms with Crippen molar-refractivity contribution in [2.45, 2.75) is 6.42 Å². The van der Waals surface area contributed by atoms with Crippen LogP contribution in [0.4, 0.5) is 10.1 Å². The van der Waals surface area contributed by atoms with E-state index in [1.807, 2.05) is 24.3 Å². The van der Waals surface area contributed by atoms with Gasteiger partial charge in [-0.15, -0.1) is 0 Å². The number of hydrogen-bond acceptors (Lipinski definition) is 3. The molecule has 0 radical (unpaired) electrons. The van der Waals surface area contributed by atoms with Crippen LogP contribution in [0.3, 0.4) is 0 Å². The molecule has 24 heavy (non-hydrogen) atoms. The normalized spacial score (nSPS) is 14.6. The lowest BCUT2D eigenvalue weighted by Crippen LogP contribution is -2.49. The number of carbonyl (C=O) groups is 1. The molecule has 0 saturated carbocycles. The Morgan fingerprint density at radius 2 is 1.71 bits per heavy atom. The number of halogens is 1. The third kappa shape index (κ3) is 3.50. The molecule has 126 valence electrons. The molecular weight excluding hydrogens is 307 g/mol. The molecule has 5 heteroatoms. The number of ether oxygens (including phenoxy) is 1. The van der Waals surface area contributed by atoms with Crippen LogP contribution >= 0.6 is 0 Å². The van der Waals surface area contributed by atoms with Gasteiger partial charge in [0.1, 0.15) is 11.6 Å². The summed E-state index contributed by atoms with van der Waals surface area (Å²) in [5.74, 6) is 0.488. The number of para-hydroxylation sites is 2. The van der Waals surface area contributed by atoms with Gasteiger partial charge in [-0.05, 0) is 23.8 Å². The molecule has 1 aliphatic heterocycles. The minimum Gasteiger partial charge on any atom is -0.495 e. The number of piperazine rings is 1. The van der Waals surface area contributed by atoms with Crippen molar-refractivity contribution in [2.24, 2.45) is 0 Å². The summed E-state index contributed by atoms with van der Waals surface area (Å²) in [7, 11) is 1.66.